The van der Waals surface area contributed by atoms with Crippen molar-refractivity contribution >= 4 is 11.6 Å². The van der Waals surface area contributed by atoms with Crippen molar-refractivity contribution in [1.82, 2.24) is 4.90 Å². The minimum Gasteiger partial charge on any atom is -0.381 e. The zero-order chi connectivity index (χ0) is 14.6. The Morgan fingerprint density at radius 2 is 2.25 bits per heavy atom. The normalized spacial score (nSPS) is 22.9. The molecule has 1 aliphatic heterocycles. The molecule has 1 heterocycles. The number of alkyl halides is 1. The predicted octanol–water partition coefficient (Wildman–Crippen LogP) is 1.99. The molecule has 1 unspecified atom stereocenters. The summed E-state index contributed by atoms with van der Waals surface area (Å²) in [6.45, 7) is 3.08. The van der Waals surface area contributed by atoms with Gasteiger partial charge in [-0.05, 0) is 25.0 Å². The third-order valence-electron chi connectivity index (χ3n) is 3.57. The topological polar surface area (TPSA) is 41.6 Å². The van der Waals surface area contributed by atoms with Crippen LogP contribution in [0.15, 0.2) is 24.3 Å². The Morgan fingerprint density at radius 3 is 2.95 bits per heavy atom. The van der Waals surface area contributed by atoms with Crippen LogP contribution in [-0.4, -0.2) is 49.8 Å². The van der Waals surface area contributed by atoms with Crippen molar-refractivity contribution in [1.29, 1.82) is 0 Å². The first-order valence-corrected chi connectivity index (χ1v) is 6.78. The van der Waals surface area contributed by atoms with E-state index in [9.17, 15) is 9.18 Å². The number of para-hydroxylation sites is 1. The zero-order valence-corrected chi connectivity index (χ0v) is 12.0. The molecule has 2 rings (SSSR count). The molecule has 110 valence electrons. The molecular weight excluding hydrogens is 259 g/mol. The Morgan fingerprint density at radius 1 is 1.50 bits per heavy atom. The first kappa shape index (κ1) is 14.9. The maximum atomic E-state index is 14.2. The minimum atomic E-state index is -1.32. The van der Waals surface area contributed by atoms with Crippen LogP contribution in [0.5, 0.6) is 0 Å². The molecule has 5 heteroatoms. The van der Waals surface area contributed by atoms with Crippen molar-refractivity contribution in [3.8, 4) is 0 Å². The van der Waals surface area contributed by atoms with E-state index in [-0.39, 0.29) is 25.6 Å². The van der Waals surface area contributed by atoms with Crippen molar-refractivity contribution in [2.75, 3.05) is 38.7 Å². The average molecular weight is 280 g/mol. The summed E-state index contributed by atoms with van der Waals surface area (Å²) in [5.74, 6) is -0.110. The van der Waals surface area contributed by atoms with E-state index in [0.717, 1.165) is 11.3 Å². The van der Waals surface area contributed by atoms with Gasteiger partial charge in [0.05, 0.1) is 13.2 Å². The number of anilines is 1. The van der Waals surface area contributed by atoms with Crippen LogP contribution in [0.1, 0.15) is 12.0 Å². The van der Waals surface area contributed by atoms with Gasteiger partial charge in [-0.15, -0.1) is 0 Å². The Hall–Kier alpha value is -1.46. The summed E-state index contributed by atoms with van der Waals surface area (Å²) < 4.78 is 19.1. The first-order chi connectivity index (χ1) is 9.52. The van der Waals surface area contributed by atoms with Gasteiger partial charge in [0.15, 0.2) is 0 Å². The Bertz CT molecular complexity index is 481. The molecule has 0 radical (unpaired) electrons. The summed E-state index contributed by atoms with van der Waals surface area (Å²) in [4.78, 5) is 13.8. The SMILES string of the molecule is COCC1(F)CCN(CC(=O)Nc2ccccc2C)C1. The second-order valence-corrected chi connectivity index (χ2v) is 5.41. The number of carbonyl (C=O) groups excluding carboxylic acids is 1. The number of rotatable bonds is 5. The minimum absolute atomic E-state index is 0.0862. The highest BCUT2D eigenvalue weighted by Gasteiger charge is 2.38. The third-order valence-corrected chi connectivity index (χ3v) is 3.57. The lowest BCUT2D eigenvalue weighted by Gasteiger charge is -2.19. The number of nitrogens with one attached hydrogen (secondary N) is 1. The van der Waals surface area contributed by atoms with Gasteiger partial charge in [-0.25, -0.2) is 4.39 Å². The number of hydrogen-bond donors (Lipinski definition) is 1. The van der Waals surface area contributed by atoms with Crippen LogP contribution in [-0.2, 0) is 9.53 Å². The Kier molecular flexibility index (Phi) is 4.73. The van der Waals surface area contributed by atoms with Crippen molar-refractivity contribution < 1.29 is 13.9 Å². The quantitative estimate of drug-likeness (QED) is 0.897. The van der Waals surface area contributed by atoms with E-state index in [1.807, 2.05) is 36.1 Å². The summed E-state index contributed by atoms with van der Waals surface area (Å²) in [5, 5.41) is 2.86. The number of methoxy groups -OCH3 is 1. The lowest BCUT2D eigenvalue weighted by atomic mass is 10.1. The van der Waals surface area contributed by atoms with Gasteiger partial charge in [0.1, 0.15) is 5.67 Å². The lowest BCUT2D eigenvalue weighted by Crippen LogP contribution is -2.36. The van der Waals surface area contributed by atoms with Crippen molar-refractivity contribution in [3.05, 3.63) is 29.8 Å². The summed E-state index contributed by atoms with van der Waals surface area (Å²) in [6, 6.07) is 7.61. The van der Waals surface area contributed by atoms with E-state index in [0.29, 0.717) is 13.0 Å². The summed E-state index contributed by atoms with van der Waals surface area (Å²) >= 11 is 0. The van der Waals surface area contributed by atoms with Crippen LogP contribution in [0, 0.1) is 6.92 Å². The first-order valence-electron chi connectivity index (χ1n) is 6.78. The smallest absolute Gasteiger partial charge is 0.238 e. The number of hydrogen-bond acceptors (Lipinski definition) is 3. The fourth-order valence-electron chi connectivity index (χ4n) is 2.53. The van der Waals surface area contributed by atoms with E-state index in [2.05, 4.69) is 5.32 Å². The Balaban J connectivity index is 1.86. The van der Waals surface area contributed by atoms with E-state index in [1.54, 1.807) is 0 Å². The molecule has 0 aliphatic carbocycles. The van der Waals surface area contributed by atoms with Gasteiger partial charge in [-0.3, -0.25) is 9.69 Å². The number of nitrogens with zero attached hydrogens (tertiary/aromatic N) is 1. The van der Waals surface area contributed by atoms with Crippen molar-refractivity contribution in [2.24, 2.45) is 0 Å². The fourth-order valence-corrected chi connectivity index (χ4v) is 2.53. The molecule has 1 aliphatic rings. The maximum Gasteiger partial charge on any atom is 0.238 e. The van der Waals surface area contributed by atoms with E-state index in [1.165, 1.54) is 7.11 Å². The molecule has 1 atom stereocenters. The van der Waals surface area contributed by atoms with Gasteiger partial charge >= 0.3 is 0 Å². The number of benzene rings is 1. The second kappa shape index (κ2) is 6.33. The van der Waals surface area contributed by atoms with E-state index >= 15 is 0 Å². The van der Waals surface area contributed by atoms with Crippen LogP contribution in [0.2, 0.25) is 0 Å². The molecule has 1 aromatic carbocycles. The van der Waals surface area contributed by atoms with Crippen LogP contribution >= 0.6 is 0 Å². The van der Waals surface area contributed by atoms with Crippen molar-refractivity contribution in [2.45, 2.75) is 19.0 Å². The van der Waals surface area contributed by atoms with Gasteiger partial charge in [0.2, 0.25) is 5.91 Å². The fraction of sp³-hybridized carbons (Fsp3) is 0.533. The van der Waals surface area contributed by atoms with Crippen LogP contribution < -0.4 is 5.32 Å². The standard InChI is InChI=1S/C15H21FN2O2/c1-12-5-3-4-6-13(12)17-14(19)9-18-8-7-15(16,10-18)11-20-2/h3-6H,7-11H2,1-2H3,(H,17,19). The average Bonchev–Trinajstić information content (AvgIpc) is 2.74. The third kappa shape index (κ3) is 3.77. The highest BCUT2D eigenvalue weighted by molar-refractivity contribution is 5.92. The second-order valence-electron chi connectivity index (χ2n) is 5.41. The molecule has 0 aromatic heterocycles. The molecule has 1 aromatic rings. The summed E-state index contributed by atoms with van der Waals surface area (Å²) in [6.07, 6.45) is 0.415. The molecule has 4 nitrogen and oxygen atoms in total. The van der Waals surface area contributed by atoms with Gasteiger partial charge in [0, 0.05) is 25.9 Å². The number of ether oxygens (including phenoxy) is 1. The summed E-state index contributed by atoms with van der Waals surface area (Å²) in [5.41, 5.74) is 0.499. The molecule has 0 bridgehead atoms. The number of likely N-dealkylation sites (tertiary alicyclic amines) is 1. The molecule has 1 amide bonds. The van der Waals surface area contributed by atoms with Gasteiger partial charge in [-0.1, -0.05) is 18.2 Å². The maximum absolute atomic E-state index is 14.2. The molecule has 20 heavy (non-hydrogen) atoms. The lowest BCUT2D eigenvalue weighted by molar-refractivity contribution is -0.117. The molecule has 1 N–H and O–H groups in total. The largest absolute Gasteiger partial charge is 0.381 e. The van der Waals surface area contributed by atoms with Crippen LogP contribution in [0.4, 0.5) is 10.1 Å². The van der Waals surface area contributed by atoms with Crippen LogP contribution in [0.25, 0.3) is 0 Å². The Labute approximate surface area is 118 Å². The number of carbonyl (C=O) groups is 1. The predicted molar refractivity (Wildman–Crippen MR) is 76.6 cm³/mol. The number of amides is 1. The summed E-state index contributed by atoms with van der Waals surface area (Å²) in [7, 11) is 1.49. The molecule has 0 spiro atoms. The monoisotopic (exact) mass is 280 g/mol. The molecule has 1 saturated heterocycles. The van der Waals surface area contributed by atoms with Crippen molar-refractivity contribution in [3.63, 3.8) is 0 Å². The number of halogens is 1. The van der Waals surface area contributed by atoms with Gasteiger partial charge in [-0.2, -0.15) is 0 Å². The van der Waals surface area contributed by atoms with Crippen LogP contribution in [0.3, 0.4) is 0 Å². The highest BCUT2D eigenvalue weighted by atomic mass is 19.1. The molecule has 0 saturated carbocycles. The van der Waals surface area contributed by atoms with E-state index in [4.69, 9.17) is 4.74 Å². The molecular formula is C15H21FN2O2. The highest BCUT2D eigenvalue weighted by Crippen LogP contribution is 2.25. The van der Waals surface area contributed by atoms with Gasteiger partial charge in [0.25, 0.3) is 0 Å². The van der Waals surface area contributed by atoms with E-state index < -0.39 is 5.67 Å². The zero-order valence-electron chi connectivity index (χ0n) is 12.0. The molecule has 1 fully saturated rings. The van der Waals surface area contributed by atoms with Gasteiger partial charge < -0.3 is 10.1 Å². The number of aryl methyl sites for hydroxylation is 1.